The summed E-state index contributed by atoms with van der Waals surface area (Å²) in [4.78, 5) is 45.0. The number of carbonyl (C=O) groups excluding carboxylic acids is 1. The normalized spacial score (nSPS) is 11.3. The molecule has 0 unspecified atom stereocenters. The lowest BCUT2D eigenvalue weighted by Crippen LogP contribution is -2.34. The van der Waals surface area contributed by atoms with Gasteiger partial charge in [0.05, 0.1) is 16.9 Å². The van der Waals surface area contributed by atoms with Crippen molar-refractivity contribution in [2.45, 2.75) is 40.8 Å². The van der Waals surface area contributed by atoms with Gasteiger partial charge >= 0.3 is 0 Å². The molecule has 0 aliphatic rings. The Morgan fingerprint density at radius 2 is 2.00 bits per heavy atom. The second kappa shape index (κ2) is 9.36. The van der Waals surface area contributed by atoms with Crippen molar-refractivity contribution < 1.29 is 9.72 Å². The Morgan fingerprint density at radius 3 is 2.65 bits per heavy atom. The van der Waals surface area contributed by atoms with E-state index < -0.39 is 10.8 Å². The maximum atomic E-state index is 13.3. The van der Waals surface area contributed by atoms with E-state index in [2.05, 4.69) is 10.2 Å². The van der Waals surface area contributed by atoms with Gasteiger partial charge in [0.1, 0.15) is 17.2 Å². The van der Waals surface area contributed by atoms with Gasteiger partial charge < -0.3 is 5.32 Å². The van der Waals surface area contributed by atoms with Gasteiger partial charge in [-0.15, -0.1) is 11.3 Å². The van der Waals surface area contributed by atoms with Crippen molar-refractivity contribution in [1.29, 1.82) is 0 Å². The number of amides is 1. The van der Waals surface area contributed by atoms with Gasteiger partial charge in [-0.25, -0.2) is 4.98 Å². The largest absolute Gasteiger partial charge is 0.324 e. The molecule has 1 amide bonds. The van der Waals surface area contributed by atoms with Crippen LogP contribution in [0.2, 0.25) is 0 Å². The molecule has 164 valence electrons. The highest BCUT2D eigenvalue weighted by Gasteiger charge is 2.19. The maximum Gasteiger partial charge on any atom is 0.271 e. The number of nitrogens with zero attached hydrogens (tertiary/aromatic N) is 4. The summed E-state index contributed by atoms with van der Waals surface area (Å²) < 4.78 is 1.41. The Morgan fingerprint density at radius 1 is 1.29 bits per heavy atom. The number of hydrogen-bond donors (Lipinski definition) is 1. The summed E-state index contributed by atoms with van der Waals surface area (Å²) in [7, 11) is 0. The predicted octanol–water partition coefficient (Wildman–Crippen LogP) is 3.46. The fourth-order valence-electron chi connectivity index (χ4n) is 3.34. The van der Waals surface area contributed by atoms with Crippen LogP contribution in [-0.4, -0.2) is 38.4 Å². The summed E-state index contributed by atoms with van der Waals surface area (Å²) in [5.41, 5.74) is 0.807. The molecule has 2 aromatic heterocycles. The average molecular weight is 444 g/mol. The zero-order valence-electron chi connectivity index (χ0n) is 18.0. The minimum absolute atomic E-state index is 0.121. The SMILES string of the molecule is CCN(CC)Cc1nc2sc(C)c(C)c2c(=O)n1CC(=O)Nc1cccc([N+](=O)[O-])c1. The summed E-state index contributed by atoms with van der Waals surface area (Å²) in [5.74, 6) is 0.0748. The Labute approximate surface area is 183 Å². The van der Waals surface area contributed by atoms with Crippen molar-refractivity contribution in [3.63, 3.8) is 0 Å². The first-order chi connectivity index (χ1) is 14.7. The van der Waals surface area contributed by atoms with E-state index in [1.165, 1.54) is 34.1 Å². The number of benzene rings is 1. The smallest absolute Gasteiger partial charge is 0.271 e. The number of hydrogen-bond acceptors (Lipinski definition) is 7. The molecule has 3 rings (SSSR count). The minimum Gasteiger partial charge on any atom is -0.324 e. The lowest BCUT2D eigenvalue weighted by molar-refractivity contribution is -0.384. The number of non-ortho nitro benzene ring substituents is 1. The number of thiophene rings is 1. The third-order valence-electron chi connectivity index (χ3n) is 5.27. The third kappa shape index (κ3) is 4.80. The molecule has 0 spiro atoms. The highest BCUT2D eigenvalue weighted by molar-refractivity contribution is 7.18. The lowest BCUT2D eigenvalue weighted by Gasteiger charge is -2.20. The second-order valence-corrected chi connectivity index (χ2v) is 8.40. The van der Waals surface area contributed by atoms with Crippen LogP contribution in [0.15, 0.2) is 29.1 Å². The highest BCUT2D eigenvalue weighted by atomic mass is 32.1. The number of nitro benzene ring substituents is 1. The Bertz CT molecular complexity index is 1200. The van der Waals surface area contributed by atoms with Crippen LogP contribution < -0.4 is 10.9 Å². The average Bonchev–Trinajstić information content (AvgIpc) is 3.02. The monoisotopic (exact) mass is 443 g/mol. The van der Waals surface area contributed by atoms with Crippen LogP contribution in [0.1, 0.15) is 30.1 Å². The first-order valence-corrected chi connectivity index (χ1v) is 10.8. The quantitative estimate of drug-likeness (QED) is 0.422. The number of rotatable bonds is 8. The van der Waals surface area contributed by atoms with Gasteiger partial charge in [0, 0.05) is 22.7 Å². The molecule has 0 saturated carbocycles. The Balaban J connectivity index is 1.98. The molecule has 0 atom stereocenters. The number of aryl methyl sites for hydroxylation is 2. The van der Waals surface area contributed by atoms with E-state index in [9.17, 15) is 19.7 Å². The van der Waals surface area contributed by atoms with Crippen molar-refractivity contribution in [1.82, 2.24) is 14.5 Å². The van der Waals surface area contributed by atoms with Crippen LogP contribution >= 0.6 is 11.3 Å². The molecular formula is C21H25N5O4S. The first-order valence-electron chi connectivity index (χ1n) is 10.0. The molecule has 10 heteroatoms. The standard InChI is InChI=1S/C21H25N5O4S/c1-5-24(6-2)11-17-23-20-19(13(3)14(4)31-20)21(28)25(17)12-18(27)22-15-8-7-9-16(10-15)26(29)30/h7-10H,5-6,11-12H2,1-4H3,(H,22,27). The summed E-state index contributed by atoms with van der Waals surface area (Å²) in [5, 5.41) is 14.2. The topological polar surface area (TPSA) is 110 Å². The van der Waals surface area contributed by atoms with Gasteiger partial charge in [0.25, 0.3) is 11.2 Å². The number of nitro groups is 1. The van der Waals surface area contributed by atoms with E-state index in [1.54, 1.807) is 6.07 Å². The molecule has 3 aromatic rings. The van der Waals surface area contributed by atoms with Crippen LogP contribution in [0.4, 0.5) is 11.4 Å². The van der Waals surface area contributed by atoms with Gasteiger partial charge in [-0.3, -0.25) is 29.2 Å². The van der Waals surface area contributed by atoms with Gasteiger partial charge in [0.15, 0.2) is 0 Å². The fraction of sp³-hybridized carbons (Fsp3) is 0.381. The van der Waals surface area contributed by atoms with E-state index in [4.69, 9.17) is 4.98 Å². The fourth-order valence-corrected chi connectivity index (χ4v) is 4.38. The molecule has 0 saturated heterocycles. The number of carbonyl (C=O) groups is 1. The van der Waals surface area contributed by atoms with Crippen LogP contribution in [0.3, 0.4) is 0 Å². The van der Waals surface area contributed by atoms with E-state index in [0.717, 1.165) is 23.5 Å². The highest BCUT2D eigenvalue weighted by Crippen LogP contribution is 2.26. The minimum atomic E-state index is -0.526. The Hall–Kier alpha value is -3.11. The molecule has 31 heavy (non-hydrogen) atoms. The van der Waals surface area contributed by atoms with E-state index in [-0.39, 0.29) is 17.8 Å². The van der Waals surface area contributed by atoms with Gasteiger partial charge in [-0.2, -0.15) is 0 Å². The number of anilines is 1. The molecule has 1 N–H and O–H groups in total. The van der Waals surface area contributed by atoms with Crippen molar-refractivity contribution >= 4 is 38.8 Å². The molecule has 2 heterocycles. The molecular weight excluding hydrogens is 418 g/mol. The van der Waals surface area contributed by atoms with E-state index in [1.807, 2.05) is 27.7 Å². The second-order valence-electron chi connectivity index (χ2n) is 7.20. The molecule has 0 aliphatic heterocycles. The summed E-state index contributed by atoms with van der Waals surface area (Å²) in [6.45, 7) is 9.67. The lowest BCUT2D eigenvalue weighted by atomic mass is 10.2. The third-order valence-corrected chi connectivity index (χ3v) is 6.37. The molecule has 1 aromatic carbocycles. The van der Waals surface area contributed by atoms with E-state index >= 15 is 0 Å². The van der Waals surface area contributed by atoms with Crippen molar-refractivity contribution in [2.24, 2.45) is 0 Å². The molecule has 0 radical (unpaired) electrons. The summed E-state index contributed by atoms with van der Waals surface area (Å²) in [6, 6.07) is 5.70. The van der Waals surface area contributed by atoms with Crippen molar-refractivity contribution in [3.05, 3.63) is 61.0 Å². The van der Waals surface area contributed by atoms with Crippen LogP contribution in [0, 0.1) is 24.0 Å². The number of nitrogens with one attached hydrogen (secondary N) is 1. The van der Waals surface area contributed by atoms with Gasteiger partial charge in [-0.05, 0) is 38.6 Å². The zero-order valence-corrected chi connectivity index (χ0v) is 18.8. The van der Waals surface area contributed by atoms with Crippen molar-refractivity contribution in [3.8, 4) is 0 Å². The maximum absolute atomic E-state index is 13.3. The number of fused-ring (bicyclic) bond motifs is 1. The first kappa shape index (κ1) is 22.6. The van der Waals surface area contributed by atoms with Crippen LogP contribution in [-0.2, 0) is 17.9 Å². The predicted molar refractivity (Wildman–Crippen MR) is 122 cm³/mol. The Kier molecular flexibility index (Phi) is 6.81. The number of aromatic nitrogens is 2. The molecule has 0 fully saturated rings. The zero-order chi connectivity index (χ0) is 22.7. The van der Waals surface area contributed by atoms with Crippen LogP contribution in [0.25, 0.3) is 10.2 Å². The summed E-state index contributed by atoms with van der Waals surface area (Å²) >= 11 is 1.48. The van der Waals surface area contributed by atoms with Gasteiger partial charge in [-0.1, -0.05) is 19.9 Å². The summed E-state index contributed by atoms with van der Waals surface area (Å²) in [6.07, 6.45) is 0. The van der Waals surface area contributed by atoms with Crippen molar-refractivity contribution in [2.75, 3.05) is 18.4 Å². The molecule has 0 bridgehead atoms. The van der Waals surface area contributed by atoms with Gasteiger partial charge in [0.2, 0.25) is 5.91 Å². The molecule has 0 aliphatic carbocycles. The van der Waals surface area contributed by atoms with E-state index in [0.29, 0.717) is 28.3 Å². The molecule has 9 nitrogen and oxygen atoms in total. The van der Waals surface area contributed by atoms with Crippen LogP contribution in [0.5, 0.6) is 0 Å².